The van der Waals surface area contributed by atoms with E-state index in [9.17, 15) is 20.0 Å². The molecule has 1 N–H and O–H groups in total. The van der Waals surface area contributed by atoms with Gasteiger partial charge in [0.2, 0.25) is 0 Å². The summed E-state index contributed by atoms with van der Waals surface area (Å²) in [6, 6.07) is 26.3. The van der Waals surface area contributed by atoms with Crippen molar-refractivity contribution in [2.24, 2.45) is 4.99 Å². The molecule has 6 nitrogen and oxygen atoms in total. The third-order valence-electron chi connectivity index (χ3n) is 5.66. The van der Waals surface area contributed by atoms with Crippen LogP contribution in [0, 0.1) is 11.3 Å². The summed E-state index contributed by atoms with van der Waals surface area (Å²) in [5.74, 6) is -1.43. The summed E-state index contributed by atoms with van der Waals surface area (Å²) in [7, 11) is 0. The van der Waals surface area contributed by atoms with E-state index in [1.165, 1.54) is 11.3 Å². The van der Waals surface area contributed by atoms with Crippen molar-refractivity contribution in [2.75, 3.05) is 0 Å². The number of carbonyl (C=O) groups is 2. The number of carboxylic acid groups (broad SMARTS) is 1. The predicted molar refractivity (Wildman–Crippen MR) is 135 cm³/mol. The highest BCUT2D eigenvalue weighted by Crippen LogP contribution is 2.24. The molecule has 1 heterocycles. The molecule has 1 aromatic heterocycles. The van der Waals surface area contributed by atoms with E-state index in [-0.39, 0.29) is 5.69 Å². The maximum Gasteiger partial charge on any atom is 0.353 e. The smallest absolute Gasteiger partial charge is 0.353 e. The van der Waals surface area contributed by atoms with E-state index in [4.69, 9.17) is 0 Å². The first-order valence-corrected chi connectivity index (χ1v) is 12.0. The number of nitriles is 1. The topological polar surface area (TPSA) is 95.5 Å². The highest BCUT2D eigenvalue weighted by molar-refractivity contribution is 7.09. The van der Waals surface area contributed by atoms with Crippen LogP contribution in [0.3, 0.4) is 0 Å². The molecule has 1 amide bonds. The monoisotopic (exact) mass is 481 g/mol. The number of hydrogen-bond acceptors (Lipinski definition) is 4. The predicted octanol–water partition coefficient (Wildman–Crippen LogP) is 5.33. The minimum absolute atomic E-state index is 0.177. The Bertz CT molecular complexity index is 1480. The lowest BCUT2D eigenvalue weighted by Gasteiger charge is -2.09. The van der Waals surface area contributed by atoms with Crippen LogP contribution in [-0.4, -0.2) is 21.6 Å². The van der Waals surface area contributed by atoms with Crippen LogP contribution in [0.5, 0.6) is 0 Å². The fourth-order valence-electron chi connectivity index (χ4n) is 3.88. The van der Waals surface area contributed by atoms with Crippen LogP contribution in [0.25, 0.3) is 11.1 Å². The molecule has 0 radical (unpaired) electrons. The minimum Gasteiger partial charge on any atom is -0.477 e. The number of carboxylic acids is 1. The van der Waals surface area contributed by atoms with Gasteiger partial charge in [0.1, 0.15) is 5.69 Å². The first kappa shape index (κ1) is 23.9. The second kappa shape index (κ2) is 10.8. The van der Waals surface area contributed by atoms with Crippen molar-refractivity contribution in [3.8, 4) is 17.2 Å². The molecule has 0 aliphatic carbocycles. The van der Waals surface area contributed by atoms with Crippen LogP contribution in [0.4, 0.5) is 0 Å². The third-order valence-corrected chi connectivity index (χ3v) is 6.88. The summed E-state index contributed by atoms with van der Waals surface area (Å²) in [6.45, 7) is 2.26. The van der Waals surface area contributed by atoms with E-state index in [2.05, 4.69) is 11.1 Å². The van der Waals surface area contributed by atoms with Crippen molar-refractivity contribution in [1.82, 2.24) is 4.57 Å². The molecule has 174 valence electrons. The molecule has 0 atom stereocenters. The van der Waals surface area contributed by atoms with Crippen LogP contribution < -0.4 is 4.80 Å². The van der Waals surface area contributed by atoms with Crippen LogP contribution in [0.15, 0.2) is 83.9 Å². The Morgan fingerprint density at radius 1 is 1.00 bits per heavy atom. The first-order chi connectivity index (χ1) is 17.0. The number of hydrogen-bond donors (Lipinski definition) is 1. The quantitative estimate of drug-likeness (QED) is 0.386. The average molecular weight is 482 g/mol. The summed E-state index contributed by atoms with van der Waals surface area (Å²) < 4.78 is 1.63. The normalized spacial score (nSPS) is 11.3. The van der Waals surface area contributed by atoms with Crippen molar-refractivity contribution in [3.05, 3.63) is 111 Å². The Labute approximate surface area is 207 Å². The fourth-order valence-corrected chi connectivity index (χ4v) is 4.96. The zero-order valence-corrected chi connectivity index (χ0v) is 20.0. The number of nitrogens with zero attached hydrogens (tertiary/aromatic N) is 3. The molecule has 4 aromatic rings. The van der Waals surface area contributed by atoms with Gasteiger partial charge in [0.25, 0.3) is 5.91 Å². The second-order valence-corrected chi connectivity index (χ2v) is 8.92. The summed E-state index contributed by atoms with van der Waals surface area (Å²) >= 11 is 1.24. The van der Waals surface area contributed by atoms with Crippen molar-refractivity contribution in [2.45, 2.75) is 26.3 Å². The van der Waals surface area contributed by atoms with Gasteiger partial charge in [-0.3, -0.25) is 4.79 Å². The van der Waals surface area contributed by atoms with Gasteiger partial charge in [-0.05, 0) is 47.7 Å². The Kier molecular flexibility index (Phi) is 7.34. The van der Waals surface area contributed by atoms with Gasteiger partial charge in [0.05, 0.1) is 11.6 Å². The van der Waals surface area contributed by atoms with Crippen molar-refractivity contribution in [3.63, 3.8) is 0 Å². The zero-order chi connectivity index (χ0) is 24.8. The molecule has 0 unspecified atom stereocenters. The van der Waals surface area contributed by atoms with Crippen LogP contribution in [0.2, 0.25) is 0 Å². The van der Waals surface area contributed by atoms with Gasteiger partial charge >= 0.3 is 5.97 Å². The molecule has 0 fully saturated rings. The van der Waals surface area contributed by atoms with Gasteiger partial charge in [-0.15, -0.1) is 11.3 Å². The molecule has 0 saturated heterocycles. The first-order valence-electron chi connectivity index (χ1n) is 11.2. The number of aryl methyl sites for hydroxylation is 2. The Hall–Kier alpha value is -4.28. The van der Waals surface area contributed by atoms with Crippen molar-refractivity contribution < 1.29 is 14.7 Å². The molecule has 0 aliphatic rings. The van der Waals surface area contributed by atoms with Gasteiger partial charge in [0, 0.05) is 17.0 Å². The van der Waals surface area contributed by atoms with E-state index < -0.39 is 11.9 Å². The van der Waals surface area contributed by atoms with Crippen LogP contribution in [-0.2, 0) is 19.4 Å². The van der Waals surface area contributed by atoms with E-state index in [1.54, 1.807) is 34.9 Å². The maximum absolute atomic E-state index is 12.7. The summed E-state index contributed by atoms with van der Waals surface area (Å²) in [4.78, 5) is 30.1. The Morgan fingerprint density at radius 3 is 2.34 bits per heavy atom. The molecule has 0 bridgehead atoms. The van der Waals surface area contributed by atoms with Gasteiger partial charge in [0.15, 0.2) is 4.80 Å². The third kappa shape index (κ3) is 5.29. The maximum atomic E-state index is 12.7. The minimum atomic E-state index is -1.03. The highest BCUT2D eigenvalue weighted by Gasteiger charge is 2.19. The van der Waals surface area contributed by atoms with E-state index in [1.807, 2.05) is 55.5 Å². The van der Waals surface area contributed by atoms with Gasteiger partial charge in [-0.25, -0.2) is 4.79 Å². The molecule has 0 aliphatic heterocycles. The zero-order valence-electron chi connectivity index (χ0n) is 19.1. The number of carbonyl (C=O) groups excluding carboxylic acids is 1. The van der Waals surface area contributed by atoms with Gasteiger partial charge in [-0.2, -0.15) is 10.3 Å². The average Bonchev–Trinajstić information content (AvgIpc) is 3.25. The SMILES string of the molecule is CCc1sc(=NC(=O)c2ccccc2)n(CCc2ccc(-c3ccccc3C#N)cc2)c1C(=O)O. The number of rotatable bonds is 7. The molecule has 0 spiro atoms. The number of aromatic carboxylic acids is 1. The summed E-state index contributed by atoms with van der Waals surface area (Å²) in [6.07, 6.45) is 1.10. The molecule has 7 heteroatoms. The molecular formula is C28H23N3O3S. The Morgan fingerprint density at radius 2 is 1.69 bits per heavy atom. The molecule has 3 aromatic carbocycles. The molecule has 4 rings (SSSR count). The highest BCUT2D eigenvalue weighted by atomic mass is 32.1. The Balaban J connectivity index is 1.64. The number of aromatic nitrogens is 1. The lowest BCUT2D eigenvalue weighted by molar-refractivity contribution is 0.0682. The van der Waals surface area contributed by atoms with Crippen molar-refractivity contribution in [1.29, 1.82) is 5.26 Å². The number of benzene rings is 3. The lowest BCUT2D eigenvalue weighted by atomic mass is 9.99. The molecular weight excluding hydrogens is 458 g/mol. The standard InChI is InChI=1S/C28H23N3O3S/c1-2-24-25(27(33)34)31(28(35-24)30-26(32)21-8-4-3-5-9-21)17-16-19-12-14-20(15-13-19)23-11-7-6-10-22(23)18-29/h3-15H,2,16-17H2,1H3,(H,33,34). The largest absolute Gasteiger partial charge is 0.477 e. The van der Waals surface area contributed by atoms with E-state index in [0.717, 1.165) is 16.7 Å². The lowest BCUT2D eigenvalue weighted by Crippen LogP contribution is -2.23. The van der Waals surface area contributed by atoms with Gasteiger partial charge < -0.3 is 9.67 Å². The van der Waals surface area contributed by atoms with E-state index in [0.29, 0.717) is 40.2 Å². The number of amides is 1. The van der Waals surface area contributed by atoms with E-state index >= 15 is 0 Å². The van der Waals surface area contributed by atoms with Crippen LogP contribution in [0.1, 0.15) is 43.8 Å². The van der Waals surface area contributed by atoms with Crippen molar-refractivity contribution >= 4 is 23.2 Å². The molecule has 35 heavy (non-hydrogen) atoms. The molecule has 0 saturated carbocycles. The summed E-state index contributed by atoms with van der Waals surface area (Å²) in [5.41, 5.74) is 4.07. The van der Waals surface area contributed by atoms with Gasteiger partial charge in [-0.1, -0.05) is 67.6 Å². The van der Waals surface area contributed by atoms with Crippen LogP contribution >= 0.6 is 11.3 Å². The fraction of sp³-hybridized carbons (Fsp3) is 0.143. The second-order valence-electron chi connectivity index (χ2n) is 7.85. The summed E-state index contributed by atoms with van der Waals surface area (Å²) in [5, 5.41) is 19.3. The number of thiazole rings is 1.